The fraction of sp³-hybridized carbons (Fsp3) is 0.355. The number of hydrogen-bond donors (Lipinski definition) is 2. The highest BCUT2D eigenvalue weighted by atomic mass is 16.5. The molecule has 1 aliphatic rings. The number of amides is 3. The van der Waals surface area contributed by atoms with E-state index in [1.807, 2.05) is 43.3 Å². The number of rotatable bonds is 9. The molecule has 0 unspecified atom stereocenters. The van der Waals surface area contributed by atoms with Gasteiger partial charge in [-0.2, -0.15) is 0 Å². The molecule has 5 rings (SSSR count). The first kappa shape index (κ1) is 29.0. The van der Waals surface area contributed by atoms with E-state index in [4.69, 9.17) is 14.7 Å². The van der Waals surface area contributed by atoms with Gasteiger partial charge in [0.1, 0.15) is 11.5 Å². The molecule has 3 heterocycles. The Hall–Kier alpha value is -4.48. The monoisotopic (exact) mass is 570 g/mol. The molecule has 0 radical (unpaired) electrons. The molecule has 2 aromatic heterocycles. The first-order valence-corrected chi connectivity index (χ1v) is 14.2. The number of carbonyl (C=O) groups is 2. The molecule has 2 N–H and O–H groups in total. The van der Waals surface area contributed by atoms with E-state index >= 15 is 0 Å². The summed E-state index contributed by atoms with van der Waals surface area (Å²) in [6.45, 7) is 7.25. The second kappa shape index (κ2) is 13.0. The summed E-state index contributed by atoms with van der Waals surface area (Å²) in [5.74, 6) is 1.49. The first-order chi connectivity index (χ1) is 20.3. The quantitative estimate of drug-likeness (QED) is 0.310. The predicted molar refractivity (Wildman–Crippen MR) is 166 cm³/mol. The Morgan fingerprint density at radius 1 is 0.881 bits per heavy atom. The van der Waals surface area contributed by atoms with E-state index in [1.165, 1.54) is 0 Å². The van der Waals surface area contributed by atoms with Crippen LogP contribution < -0.4 is 15.5 Å². The van der Waals surface area contributed by atoms with Gasteiger partial charge in [-0.3, -0.25) is 4.79 Å². The van der Waals surface area contributed by atoms with Crippen LogP contribution in [0.1, 0.15) is 17.3 Å². The molecule has 3 amide bonds. The van der Waals surface area contributed by atoms with Crippen LogP contribution in [0, 0.1) is 0 Å². The van der Waals surface area contributed by atoms with Gasteiger partial charge in [-0.15, -0.1) is 0 Å². The Kier molecular flexibility index (Phi) is 8.99. The molecule has 1 aliphatic heterocycles. The zero-order valence-corrected chi connectivity index (χ0v) is 24.6. The van der Waals surface area contributed by atoms with Gasteiger partial charge in [-0.25, -0.2) is 14.8 Å². The number of aryl methyl sites for hydroxylation is 1. The summed E-state index contributed by atoms with van der Waals surface area (Å²) in [6.07, 6.45) is 2.05. The largest absolute Gasteiger partial charge is 0.378 e. The summed E-state index contributed by atoms with van der Waals surface area (Å²) in [4.78, 5) is 41.1. The van der Waals surface area contributed by atoms with Crippen molar-refractivity contribution in [3.8, 4) is 11.4 Å². The molecule has 1 fully saturated rings. The molecule has 0 saturated carbocycles. The third kappa shape index (κ3) is 6.69. The number of fused-ring (bicyclic) bond motifs is 1. The van der Waals surface area contributed by atoms with Crippen LogP contribution in [0.5, 0.6) is 0 Å². The zero-order chi connectivity index (χ0) is 29.6. The van der Waals surface area contributed by atoms with E-state index in [0.29, 0.717) is 42.5 Å². The summed E-state index contributed by atoms with van der Waals surface area (Å²) in [5, 5.41) is 6.72. The average molecular weight is 571 g/mol. The van der Waals surface area contributed by atoms with Crippen LogP contribution in [0.4, 0.5) is 22.0 Å². The molecule has 11 nitrogen and oxygen atoms in total. The lowest BCUT2D eigenvalue weighted by Gasteiger charge is -2.28. The van der Waals surface area contributed by atoms with Crippen molar-refractivity contribution in [3.05, 3.63) is 66.4 Å². The maximum atomic E-state index is 12.7. The molecule has 0 spiro atoms. The summed E-state index contributed by atoms with van der Waals surface area (Å²) < 4.78 is 7.67. The minimum Gasteiger partial charge on any atom is -0.378 e. The van der Waals surface area contributed by atoms with Crippen molar-refractivity contribution in [3.63, 3.8) is 0 Å². The van der Waals surface area contributed by atoms with E-state index < -0.39 is 0 Å². The van der Waals surface area contributed by atoms with E-state index in [0.717, 1.165) is 48.6 Å². The lowest BCUT2D eigenvalue weighted by molar-refractivity contribution is 0.0786. The Balaban J connectivity index is 1.25. The second-order valence-corrected chi connectivity index (χ2v) is 10.6. The number of nitrogens with zero attached hydrogens (tertiary/aromatic N) is 6. The number of benzene rings is 2. The zero-order valence-electron chi connectivity index (χ0n) is 24.6. The normalized spacial score (nSPS) is 13.4. The summed E-state index contributed by atoms with van der Waals surface area (Å²) >= 11 is 0. The molecule has 4 aromatic rings. The lowest BCUT2D eigenvalue weighted by atomic mass is 10.2. The molecule has 0 bridgehead atoms. The number of carbonyl (C=O) groups excluding carboxylic acids is 2. The Bertz CT molecular complexity index is 1530. The fourth-order valence-electron chi connectivity index (χ4n) is 4.81. The third-order valence-corrected chi connectivity index (χ3v) is 7.27. The number of morpholine rings is 1. The average Bonchev–Trinajstić information content (AvgIpc) is 3.43. The number of aromatic nitrogens is 3. The van der Waals surface area contributed by atoms with Gasteiger partial charge >= 0.3 is 6.03 Å². The van der Waals surface area contributed by atoms with Gasteiger partial charge in [-0.1, -0.05) is 0 Å². The molecule has 2 aromatic carbocycles. The maximum Gasteiger partial charge on any atom is 0.323 e. The van der Waals surface area contributed by atoms with Gasteiger partial charge in [0, 0.05) is 68.5 Å². The molecule has 0 aliphatic carbocycles. The summed E-state index contributed by atoms with van der Waals surface area (Å²) in [6, 6.07) is 16.1. The Labute approximate surface area is 246 Å². The van der Waals surface area contributed by atoms with Crippen LogP contribution in [-0.4, -0.2) is 96.8 Å². The first-order valence-electron chi connectivity index (χ1n) is 14.2. The number of anilines is 3. The molecular formula is C31H38N8O3. The van der Waals surface area contributed by atoms with Crippen molar-refractivity contribution in [2.45, 2.75) is 13.5 Å². The lowest BCUT2D eigenvalue weighted by Crippen LogP contribution is -2.37. The van der Waals surface area contributed by atoms with Gasteiger partial charge < -0.3 is 34.6 Å². The number of ether oxygens (including phenoxy) is 1. The molecular weight excluding hydrogens is 532 g/mol. The third-order valence-electron chi connectivity index (χ3n) is 7.27. The number of urea groups is 1. The molecule has 11 heteroatoms. The van der Waals surface area contributed by atoms with Crippen molar-refractivity contribution in [1.29, 1.82) is 0 Å². The molecule has 220 valence electrons. The SMILES string of the molecule is CCn1ccc2c(N3CCOCC3)nc(-c3ccc(NC(=O)Nc4ccc(C(=O)N(C)CCN(C)C)cc4)cc3)nc21. The summed E-state index contributed by atoms with van der Waals surface area (Å²) in [5.41, 5.74) is 3.56. The van der Waals surface area contributed by atoms with Crippen LogP contribution >= 0.6 is 0 Å². The fourth-order valence-corrected chi connectivity index (χ4v) is 4.81. The topological polar surface area (TPSA) is 108 Å². The van der Waals surface area contributed by atoms with Crippen LogP contribution in [-0.2, 0) is 11.3 Å². The van der Waals surface area contributed by atoms with Crippen LogP contribution in [0.3, 0.4) is 0 Å². The van der Waals surface area contributed by atoms with Crippen molar-refractivity contribution in [2.75, 3.05) is 76.1 Å². The van der Waals surface area contributed by atoms with E-state index in [9.17, 15) is 9.59 Å². The van der Waals surface area contributed by atoms with Gasteiger partial charge in [0.2, 0.25) is 0 Å². The van der Waals surface area contributed by atoms with Crippen LogP contribution in [0.15, 0.2) is 60.8 Å². The van der Waals surface area contributed by atoms with E-state index in [-0.39, 0.29) is 11.9 Å². The van der Waals surface area contributed by atoms with Gasteiger partial charge in [0.15, 0.2) is 5.82 Å². The molecule has 0 atom stereocenters. The smallest absolute Gasteiger partial charge is 0.323 e. The highest BCUT2D eigenvalue weighted by Gasteiger charge is 2.20. The number of hydrogen-bond acceptors (Lipinski definition) is 7. The molecule has 1 saturated heterocycles. The van der Waals surface area contributed by atoms with Crippen molar-refractivity contribution in [1.82, 2.24) is 24.3 Å². The van der Waals surface area contributed by atoms with Crippen molar-refractivity contribution in [2.24, 2.45) is 0 Å². The minimum atomic E-state index is -0.377. The van der Waals surface area contributed by atoms with E-state index in [2.05, 4.69) is 39.3 Å². The minimum absolute atomic E-state index is 0.0592. The highest BCUT2D eigenvalue weighted by Crippen LogP contribution is 2.29. The van der Waals surface area contributed by atoms with Crippen molar-refractivity contribution >= 4 is 40.2 Å². The van der Waals surface area contributed by atoms with Gasteiger partial charge in [-0.05, 0) is 75.6 Å². The standard InChI is InChI=1S/C31H38N8O3/c1-5-38-15-14-26-28(38)34-27(35-29(26)39-18-20-42-21-19-39)22-6-10-24(11-7-22)32-31(41)33-25-12-8-23(9-13-25)30(40)37(4)17-16-36(2)3/h6-15H,5,16-21H2,1-4H3,(H2,32,33,41). The summed E-state index contributed by atoms with van der Waals surface area (Å²) in [7, 11) is 5.73. The Morgan fingerprint density at radius 2 is 1.52 bits per heavy atom. The van der Waals surface area contributed by atoms with Gasteiger partial charge in [0.05, 0.1) is 18.6 Å². The van der Waals surface area contributed by atoms with Crippen LogP contribution in [0.2, 0.25) is 0 Å². The van der Waals surface area contributed by atoms with Crippen molar-refractivity contribution < 1.29 is 14.3 Å². The number of nitrogens with one attached hydrogen (secondary N) is 2. The molecule has 42 heavy (non-hydrogen) atoms. The van der Waals surface area contributed by atoms with Gasteiger partial charge in [0.25, 0.3) is 5.91 Å². The maximum absolute atomic E-state index is 12.7. The number of likely N-dealkylation sites (N-methyl/N-ethyl adjacent to an activating group) is 2. The Morgan fingerprint density at radius 3 is 2.14 bits per heavy atom. The van der Waals surface area contributed by atoms with Crippen LogP contribution in [0.25, 0.3) is 22.4 Å². The predicted octanol–water partition coefficient (Wildman–Crippen LogP) is 4.23. The highest BCUT2D eigenvalue weighted by molar-refractivity contribution is 6.00. The second-order valence-electron chi connectivity index (χ2n) is 10.6. The van der Waals surface area contributed by atoms with E-state index in [1.54, 1.807) is 36.2 Å².